The first-order valence-corrected chi connectivity index (χ1v) is 12.9. The molecule has 0 radical (unpaired) electrons. The number of aromatic hydroxyl groups is 1. The van der Waals surface area contributed by atoms with E-state index in [1.54, 1.807) is 12.1 Å². The summed E-state index contributed by atoms with van der Waals surface area (Å²) in [6.45, 7) is 6.78. The highest BCUT2D eigenvalue weighted by molar-refractivity contribution is 6.04. The first-order valence-electron chi connectivity index (χ1n) is 12.9. The van der Waals surface area contributed by atoms with Gasteiger partial charge in [0.2, 0.25) is 0 Å². The van der Waals surface area contributed by atoms with E-state index >= 15 is 0 Å². The number of rotatable bonds is 6. The molecule has 7 heteroatoms. The number of amides is 2. The summed E-state index contributed by atoms with van der Waals surface area (Å²) in [6, 6.07) is 23.6. The van der Waals surface area contributed by atoms with Crippen LogP contribution in [0.1, 0.15) is 66.7 Å². The van der Waals surface area contributed by atoms with Crippen molar-refractivity contribution < 1.29 is 14.7 Å². The molecule has 3 aromatic carbocycles. The monoisotopic (exact) mass is 508 g/mol. The molecule has 0 atom stereocenters. The van der Waals surface area contributed by atoms with E-state index < -0.39 is 0 Å². The van der Waals surface area contributed by atoms with Crippen LogP contribution in [-0.2, 0) is 12.0 Å². The first-order chi connectivity index (χ1) is 18.2. The van der Waals surface area contributed by atoms with Crippen LogP contribution >= 0.6 is 0 Å². The van der Waals surface area contributed by atoms with Gasteiger partial charge in [-0.25, -0.2) is 4.79 Å². The van der Waals surface area contributed by atoms with Crippen molar-refractivity contribution in [3.63, 3.8) is 0 Å². The molecular formula is C31H32N4O3. The molecule has 4 aromatic rings. The Balaban J connectivity index is 1.36. The fraction of sp³-hybridized carbons (Fsp3) is 0.258. The molecule has 1 aromatic heterocycles. The molecule has 0 unspecified atom stereocenters. The lowest BCUT2D eigenvalue weighted by molar-refractivity contribution is 0.102. The first kappa shape index (κ1) is 25.3. The lowest BCUT2D eigenvalue weighted by atomic mass is 9.87. The van der Waals surface area contributed by atoms with Gasteiger partial charge in [-0.2, -0.15) is 9.78 Å². The van der Waals surface area contributed by atoms with E-state index in [0.29, 0.717) is 29.1 Å². The molecule has 0 bridgehead atoms. The van der Waals surface area contributed by atoms with Crippen LogP contribution in [0, 0.1) is 0 Å². The van der Waals surface area contributed by atoms with Crippen LogP contribution in [0.25, 0.3) is 11.3 Å². The average molecular weight is 509 g/mol. The molecule has 194 valence electrons. The quantitative estimate of drug-likeness (QED) is 0.261. The van der Waals surface area contributed by atoms with Gasteiger partial charge in [0.05, 0.1) is 11.4 Å². The Morgan fingerprint density at radius 2 is 1.68 bits per heavy atom. The number of nitrogens with zero attached hydrogens (tertiary/aromatic N) is 2. The van der Waals surface area contributed by atoms with E-state index in [2.05, 4.69) is 36.5 Å². The van der Waals surface area contributed by atoms with Gasteiger partial charge in [0.1, 0.15) is 5.75 Å². The van der Waals surface area contributed by atoms with Crippen LogP contribution in [0.2, 0.25) is 0 Å². The second-order valence-electron chi connectivity index (χ2n) is 10.8. The van der Waals surface area contributed by atoms with Crippen LogP contribution in [0.15, 0.2) is 78.9 Å². The zero-order chi connectivity index (χ0) is 26.9. The van der Waals surface area contributed by atoms with Crippen molar-refractivity contribution in [2.45, 2.75) is 51.5 Å². The third-order valence-corrected chi connectivity index (χ3v) is 6.75. The highest BCUT2D eigenvalue weighted by Gasteiger charge is 2.31. The van der Waals surface area contributed by atoms with Gasteiger partial charge in [0.15, 0.2) is 0 Å². The van der Waals surface area contributed by atoms with Crippen molar-refractivity contribution in [2.24, 2.45) is 0 Å². The molecule has 38 heavy (non-hydrogen) atoms. The minimum atomic E-state index is -0.315. The summed E-state index contributed by atoms with van der Waals surface area (Å²) in [7, 11) is 0. The normalized spacial score (nSPS) is 13.2. The van der Waals surface area contributed by atoms with E-state index in [9.17, 15) is 14.7 Å². The Labute approximate surface area is 222 Å². The maximum Gasteiger partial charge on any atom is 0.342 e. The van der Waals surface area contributed by atoms with Crippen LogP contribution < -0.4 is 10.6 Å². The molecule has 2 amide bonds. The number of aromatic nitrogens is 2. The minimum Gasteiger partial charge on any atom is -0.507 e. The molecule has 1 fully saturated rings. The number of hydrogen-bond donors (Lipinski definition) is 3. The Bertz CT molecular complexity index is 1460. The van der Waals surface area contributed by atoms with Crippen LogP contribution in [-0.4, -0.2) is 26.8 Å². The van der Waals surface area contributed by atoms with Crippen molar-refractivity contribution in [2.75, 3.05) is 5.32 Å². The third-order valence-electron chi connectivity index (χ3n) is 6.75. The van der Waals surface area contributed by atoms with Gasteiger partial charge in [0.25, 0.3) is 5.91 Å². The van der Waals surface area contributed by atoms with Crippen molar-refractivity contribution in [3.05, 3.63) is 101 Å². The van der Waals surface area contributed by atoms with Gasteiger partial charge in [-0.15, -0.1) is 0 Å². The Morgan fingerprint density at radius 1 is 0.974 bits per heavy atom. The number of phenols is 1. The molecule has 1 saturated carbocycles. The molecule has 3 N–H and O–H groups in total. The maximum absolute atomic E-state index is 13.0. The third kappa shape index (κ3) is 5.62. The lowest BCUT2D eigenvalue weighted by Crippen LogP contribution is -2.30. The van der Waals surface area contributed by atoms with E-state index in [-0.39, 0.29) is 29.0 Å². The van der Waals surface area contributed by atoms with E-state index in [1.165, 1.54) is 10.7 Å². The minimum absolute atomic E-state index is 0.00202. The molecular weight excluding hydrogens is 476 g/mol. The molecule has 0 aliphatic heterocycles. The standard InChI is InChI=1S/C31H32N4O3/c1-31(2,3)23-13-11-22(12-14-23)29(37)33-24-15-16-28(36)25(17-24)26-18-27(21-9-10-21)35(34-26)30(38)32-19-20-7-5-4-6-8-20/h4-8,11-18,21,36H,9-10,19H2,1-3H3,(H,32,38)(H,33,37). The summed E-state index contributed by atoms with van der Waals surface area (Å²) in [5.41, 5.74) is 4.96. The van der Waals surface area contributed by atoms with Crippen molar-refractivity contribution in [1.29, 1.82) is 0 Å². The van der Waals surface area contributed by atoms with Gasteiger partial charge in [-0.3, -0.25) is 4.79 Å². The summed E-state index contributed by atoms with van der Waals surface area (Å²) in [5.74, 6) is 0.0423. The topological polar surface area (TPSA) is 96.2 Å². The summed E-state index contributed by atoms with van der Waals surface area (Å²) in [4.78, 5) is 25.9. The molecule has 0 spiro atoms. The van der Waals surface area contributed by atoms with Crippen LogP contribution in [0.5, 0.6) is 5.75 Å². The molecule has 0 saturated heterocycles. The van der Waals surface area contributed by atoms with Crippen LogP contribution in [0.4, 0.5) is 10.5 Å². The SMILES string of the molecule is CC(C)(C)c1ccc(C(=O)Nc2ccc(O)c(-c3cc(C4CC4)n(C(=O)NCc4ccccc4)n3)c2)cc1. The highest BCUT2D eigenvalue weighted by atomic mass is 16.3. The fourth-order valence-corrected chi connectivity index (χ4v) is 4.35. The Morgan fingerprint density at radius 3 is 2.34 bits per heavy atom. The number of nitrogens with one attached hydrogen (secondary N) is 2. The summed E-state index contributed by atoms with van der Waals surface area (Å²) in [6.07, 6.45) is 1.99. The van der Waals surface area contributed by atoms with Crippen molar-refractivity contribution >= 4 is 17.6 Å². The predicted octanol–water partition coefficient (Wildman–Crippen LogP) is 6.44. The molecule has 7 nitrogen and oxygen atoms in total. The van der Waals surface area contributed by atoms with E-state index in [1.807, 2.05) is 60.7 Å². The zero-order valence-corrected chi connectivity index (χ0v) is 21.9. The fourth-order valence-electron chi connectivity index (χ4n) is 4.35. The summed E-state index contributed by atoms with van der Waals surface area (Å²) >= 11 is 0. The number of hydrogen-bond acceptors (Lipinski definition) is 4. The second-order valence-corrected chi connectivity index (χ2v) is 10.8. The van der Waals surface area contributed by atoms with Crippen molar-refractivity contribution in [1.82, 2.24) is 15.1 Å². The van der Waals surface area contributed by atoms with E-state index in [4.69, 9.17) is 0 Å². The number of carbonyl (C=O) groups is 2. The van der Waals surface area contributed by atoms with Crippen molar-refractivity contribution in [3.8, 4) is 17.0 Å². The van der Waals surface area contributed by atoms with E-state index in [0.717, 1.165) is 29.7 Å². The number of phenolic OH excluding ortho intramolecular Hbond substituents is 1. The second kappa shape index (κ2) is 10.2. The van der Waals surface area contributed by atoms with Gasteiger partial charge >= 0.3 is 6.03 Å². The zero-order valence-electron chi connectivity index (χ0n) is 21.9. The summed E-state index contributed by atoms with van der Waals surface area (Å²) < 4.78 is 1.40. The summed E-state index contributed by atoms with van der Waals surface area (Å²) in [5, 5.41) is 21.0. The molecule has 5 rings (SSSR count). The maximum atomic E-state index is 13.0. The molecule has 1 heterocycles. The largest absolute Gasteiger partial charge is 0.507 e. The predicted molar refractivity (Wildman–Crippen MR) is 148 cm³/mol. The number of anilines is 1. The Kier molecular flexibility index (Phi) is 6.76. The van der Waals surface area contributed by atoms with Gasteiger partial charge in [-0.05, 0) is 65.8 Å². The van der Waals surface area contributed by atoms with Gasteiger partial charge in [0, 0.05) is 29.3 Å². The lowest BCUT2D eigenvalue weighted by Gasteiger charge is -2.19. The molecule has 1 aliphatic carbocycles. The van der Waals surface area contributed by atoms with Gasteiger partial charge < -0.3 is 15.7 Å². The number of carbonyl (C=O) groups excluding carboxylic acids is 2. The number of benzene rings is 3. The Hall–Kier alpha value is -4.39. The van der Waals surface area contributed by atoms with Crippen LogP contribution in [0.3, 0.4) is 0 Å². The highest BCUT2D eigenvalue weighted by Crippen LogP contribution is 2.42. The smallest absolute Gasteiger partial charge is 0.342 e. The van der Waals surface area contributed by atoms with Gasteiger partial charge in [-0.1, -0.05) is 63.2 Å². The average Bonchev–Trinajstić information content (AvgIpc) is 3.66. The molecule has 1 aliphatic rings.